The number of carboxylic acid groups (broad SMARTS) is 1. The number of hydrogen-bond donors (Lipinski definition) is 3. The van der Waals surface area contributed by atoms with E-state index in [1.165, 1.54) is 43.4 Å². The first-order chi connectivity index (χ1) is 13.3. The molecule has 2 aromatic carbocycles. The Bertz CT molecular complexity index is 1160. The van der Waals surface area contributed by atoms with Gasteiger partial charge in [-0.3, -0.25) is 14.4 Å². The number of hydrogen-bond acceptors (Lipinski definition) is 5. The molecule has 144 valence electrons. The molecule has 0 aliphatic carbocycles. The van der Waals surface area contributed by atoms with E-state index >= 15 is 0 Å². The first kappa shape index (κ1) is 18.9. The number of fused-ring (bicyclic) bond motifs is 1. The van der Waals surface area contributed by atoms with Crippen LogP contribution >= 0.6 is 0 Å². The number of nitrogens with zero attached hydrogens (tertiary/aromatic N) is 1. The maximum absolute atomic E-state index is 13.8. The molecule has 3 aromatic rings. The number of aryl methyl sites for hydroxylation is 1. The summed E-state index contributed by atoms with van der Waals surface area (Å²) in [7, 11) is 1.38. The molecule has 0 radical (unpaired) electrons. The van der Waals surface area contributed by atoms with Crippen molar-refractivity contribution in [3.63, 3.8) is 0 Å². The molecule has 0 atom stereocenters. The normalized spacial score (nSPS) is 10.6. The van der Waals surface area contributed by atoms with Crippen molar-refractivity contribution in [1.82, 2.24) is 9.88 Å². The second-order valence-corrected chi connectivity index (χ2v) is 5.88. The zero-order valence-electron chi connectivity index (χ0n) is 14.6. The Kier molecular flexibility index (Phi) is 4.99. The molecule has 0 saturated carbocycles. The molecule has 8 nitrogen and oxygen atoms in total. The van der Waals surface area contributed by atoms with Crippen LogP contribution in [0, 0.1) is 5.82 Å². The maximum Gasteiger partial charge on any atom is 0.322 e. The van der Waals surface area contributed by atoms with Crippen molar-refractivity contribution in [2.75, 3.05) is 6.54 Å². The van der Waals surface area contributed by atoms with E-state index in [1.54, 1.807) is 6.07 Å². The third-order valence-electron chi connectivity index (χ3n) is 4.03. The highest BCUT2D eigenvalue weighted by atomic mass is 19.1. The minimum atomic E-state index is -1.29. The summed E-state index contributed by atoms with van der Waals surface area (Å²) in [5.74, 6) is -3.24. The fourth-order valence-electron chi connectivity index (χ4n) is 2.67. The number of pyridine rings is 1. The molecule has 1 amide bonds. The summed E-state index contributed by atoms with van der Waals surface area (Å²) in [4.78, 5) is 35.2. The van der Waals surface area contributed by atoms with Crippen LogP contribution in [-0.4, -0.2) is 33.2 Å². The number of carboxylic acids is 1. The van der Waals surface area contributed by atoms with Gasteiger partial charge in [-0.05, 0) is 24.3 Å². The van der Waals surface area contributed by atoms with Crippen molar-refractivity contribution in [1.29, 1.82) is 0 Å². The molecule has 0 bridgehead atoms. The molecule has 28 heavy (non-hydrogen) atoms. The van der Waals surface area contributed by atoms with E-state index in [2.05, 4.69) is 0 Å². The Labute approximate surface area is 157 Å². The van der Waals surface area contributed by atoms with E-state index in [0.29, 0.717) is 0 Å². The number of ether oxygens (including phenoxy) is 1. The van der Waals surface area contributed by atoms with Gasteiger partial charge in [-0.25, -0.2) is 4.39 Å². The van der Waals surface area contributed by atoms with Crippen molar-refractivity contribution in [2.24, 2.45) is 7.05 Å². The maximum atomic E-state index is 13.8. The highest BCUT2D eigenvalue weighted by Crippen LogP contribution is 2.31. The minimum absolute atomic E-state index is 0.0132. The molecule has 3 N–H and O–H groups in total. The van der Waals surface area contributed by atoms with Gasteiger partial charge in [0.15, 0.2) is 11.6 Å². The molecular formula is C19H15FN2O6. The third kappa shape index (κ3) is 3.50. The second-order valence-electron chi connectivity index (χ2n) is 5.88. The number of aromatic hydroxyl groups is 1. The van der Waals surface area contributed by atoms with Gasteiger partial charge in [0.05, 0.1) is 5.52 Å². The lowest BCUT2D eigenvalue weighted by Crippen LogP contribution is -2.35. The van der Waals surface area contributed by atoms with Crippen LogP contribution in [0.3, 0.4) is 0 Å². The zero-order valence-corrected chi connectivity index (χ0v) is 14.6. The van der Waals surface area contributed by atoms with Crippen molar-refractivity contribution >= 4 is 22.8 Å². The van der Waals surface area contributed by atoms with Crippen molar-refractivity contribution in [3.8, 4) is 17.2 Å². The predicted molar refractivity (Wildman–Crippen MR) is 97.3 cm³/mol. The fraction of sp³-hybridized carbons (Fsp3) is 0.105. The Morgan fingerprint density at radius 1 is 1.21 bits per heavy atom. The topological polar surface area (TPSA) is 118 Å². The van der Waals surface area contributed by atoms with Gasteiger partial charge in [0.25, 0.3) is 11.5 Å². The summed E-state index contributed by atoms with van der Waals surface area (Å²) in [6.45, 7) is -0.700. The molecule has 0 aliphatic heterocycles. The number of carbonyl (C=O) groups excluding carboxylic acids is 1. The Hall–Kier alpha value is -3.88. The molecule has 0 fully saturated rings. The third-order valence-corrected chi connectivity index (χ3v) is 4.03. The highest BCUT2D eigenvalue weighted by Gasteiger charge is 2.22. The van der Waals surface area contributed by atoms with Crippen LogP contribution in [0.5, 0.6) is 17.2 Å². The first-order valence-electron chi connectivity index (χ1n) is 8.07. The number of amides is 1. The van der Waals surface area contributed by atoms with Gasteiger partial charge in [-0.2, -0.15) is 0 Å². The van der Waals surface area contributed by atoms with Crippen LogP contribution in [0.25, 0.3) is 10.9 Å². The van der Waals surface area contributed by atoms with E-state index in [9.17, 15) is 23.9 Å². The number of aromatic nitrogens is 1. The number of benzene rings is 2. The zero-order chi connectivity index (χ0) is 20.4. The lowest BCUT2D eigenvalue weighted by Gasteiger charge is -2.13. The molecule has 9 heteroatoms. The van der Waals surface area contributed by atoms with Crippen LogP contribution in [0.15, 0.2) is 47.3 Å². The van der Waals surface area contributed by atoms with Crippen LogP contribution in [0.1, 0.15) is 10.4 Å². The van der Waals surface area contributed by atoms with E-state index in [0.717, 1.165) is 4.57 Å². The van der Waals surface area contributed by atoms with Gasteiger partial charge >= 0.3 is 5.97 Å². The Balaban J connectivity index is 2.06. The fourth-order valence-corrected chi connectivity index (χ4v) is 2.67. The molecule has 0 saturated heterocycles. The number of aliphatic carboxylic acids is 1. The quantitative estimate of drug-likeness (QED) is 0.617. The van der Waals surface area contributed by atoms with Gasteiger partial charge in [0.2, 0.25) is 0 Å². The predicted octanol–water partition coefficient (Wildman–Crippen LogP) is 1.99. The number of halogens is 1. The summed E-state index contributed by atoms with van der Waals surface area (Å²) in [5.41, 5.74) is -1.15. The Morgan fingerprint density at radius 2 is 1.93 bits per heavy atom. The summed E-state index contributed by atoms with van der Waals surface area (Å²) < 4.78 is 20.3. The second kappa shape index (κ2) is 7.39. The molecule has 0 unspecified atom stereocenters. The van der Waals surface area contributed by atoms with Gasteiger partial charge < -0.3 is 24.8 Å². The smallest absolute Gasteiger partial charge is 0.322 e. The molecule has 0 spiro atoms. The number of nitrogens with one attached hydrogen (secondary N) is 1. The monoisotopic (exact) mass is 386 g/mol. The van der Waals surface area contributed by atoms with Gasteiger partial charge in [-0.1, -0.05) is 12.1 Å². The van der Waals surface area contributed by atoms with Gasteiger partial charge in [-0.15, -0.1) is 0 Å². The average molecular weight is 386 g/mol. The van der Waals surface area contributed by atoms with Gasteiger partial charge in [0, 0.05) is 18.5 Å². The average Bonchev–Trinajstić information content (AvgIpc) is 2.66. The van der Waals surface area contributed by atoms with E-state index in [4.69, 9.17) is 9.84 Å². The van der Waals surface area contributed by atoms with Crippen LogP contribution in [-0.2, 0) is 11.8 Å². The van der Waals surface area contributed by atoms with Crippen LogP contribution in [0.2, 0.25) is 0 Å². The number of carbonyl (C=O) groups is 2. The molecule has 3 rings (SSSR count). The SMILES string of the molecule is Cn1c(=O)c(C(=O)NCC(=O)O)c(O)c2ccc(Oc3ccccc3F)cc21. The van der Waals surface area contributed by atoms with Crippen LogP contribution < -0.4 is 15.6 Å². The molecule has 1 heterocycles. The molecule has 0 aliphatic rings. The summed E-state index contributed by atoms with van der Waals surface area (Å²) >= 11 is 0. The summed E-state index contributed by atoms with van der Waals surface area (Å²) in [6.07, 6.45) is 0. The standard InChI is InChI=1S/C19H15FN2O6/c1-22-13-8-10(28-14-5-3-2-4-12(14)20)6-7-11(13)17(25)16(19(22)27)18(26)21-9-15(23)24/h2-8,25H,9H2,1H3,(H,21,26)(H,23,24). The minimum Gasteiger partial charge on any atom is -0.506 e. The Morgan fingerprint density at radius 3 is 2.61 bits per heavy atom. The highest BCUT2D eigenvalue weighted by molar-refractivity contribution is 6.03. The summed E-state index contributed by atoms with van der Waals surface area (Å²) in [6, 6.07) is 10.1. The lowest BCUT2D eigenvalue weighted by atomic mass is 10.1. The van der Waals surface area contributed by atoms with Gasteiger partial charge in [0.1, 0.15) is 23.6 Å². The largest absolute Gasteiger partial charge is 0.506 e. The van der Waals surface area contributed by atoms with Crippen molar-refractivity contribution < 1.29 is 28.9 Å². The van der Waals surface area contributed by atoms with E-state index < -0.39 is 41.1 Å². The van der Waals surface area contributed by atoms with Crippen molar-refractivity contribution in [2.45, 2.75) is 0 Å². The summed E-state index contributed by atoms with van der Waals surface area (Å²) in [5, 5.41) is 21.3. The molecular weight excluding hydrogens is 371 g/mol. The van der Waals surface area contributed by atoms with E-state index in [-0.39, 0.29) is 22.4 Å². The lowest BCUT2D eigenvalue weighted by molar-refractivity contribution is -0.135. The van der Waals surface area contributed by atoms with Crippen molar-refractivity contribution in [3.05, 3.63) is 64.2 Å². The number of rotatable bonds is 5. The molecule has 1 aromatic heterocycles. The van der Waals surface area contributed by atoms with E-state index in [1.807, 2.05) is 5.32 Å². The first-order valence-corrected chi connectivity index (χ1v) is 8.07. The number of para-hydroxylation sites is 1. The van der Waals surface area contributed by atoms with Crippen LogP contribution in [0.4, 0.5) is 4.39 Å².